The van der Waals surface area contributed by atoms with Crippen molar-refractivity contribution in [3.05, 3.63) is 0 Å². The number of ether oxygens (including phenoxy) is 1. The molecule has 17 heavy (non-hydrogen) atoms. The van der Waals surface area contributed by atoms with Gasteiger partial charge in [0, 0.05) is 0 Å². The Morgan fingerprint density at radius 3 is 2.29 bits per heavy atom. The molecule has 1 heterocycles. The normalized spacial score (nSPS) is 42.1. The summed E-state index contributed by atoms with van der Waals surface area (Å²) in [5.74, 6) is 0. The van der Waals surface area contributed by atoms with Crippen LogP contribution in [0.1, 0.15) is 0 Å². The van der Waals surface area contributed by atoms with Crippen molar-refractivity contribution in [2.75, 3.05) is 6.61 Å². The molecule has 0 bridgehead atoms. The van der Waals surface area contributed by atoms with Gasteiger partial charge in [0.2, 0.25) is 0 Å². The zero-order valence-corrected chi connectivity index (χ0v) is 9.58. The Kier molecular flexibility index (Phi) is 5.45. The second-order valence-corrected chi connectivity index (χ2v) is 4.34. The minimum atomic E-state index is -3.43. The van der Waals surface area contributed by atoms with Gasteiger partial charge in [-0.25, -0.2) is 0 Å². The molecule has 1 aliphatic heterocycles. The highest BCUT2D eigenvalue weighted by molar-refractivity contribution is 7.32. The average molecular weight is 274 g/mol. The summed E-state index contributed by atoms with van der Waals surface area (Å²) in [6.45, 7) is -0.758. The lowest BCUT2D eigenvalue weighted by Gasteiger charge is -2.41. The Morgan fingerprint density at radius 2 is 1.82 bits per heavy atom. The van der Waals surface area contributed by atoms with E-state index in [1.54, 1.807) is 0 Å². The zero-order chi connectivity index (χ0) is 13.2. The minimum Gasteiger partial charge on any atom is -0.394 e. The monoisotopic (exact) mass is 274 g/mol. The van der Waals surface area contributed by atoms with Crippen LogP contribution in [0, 0.1) is 0 Å². The van der Waals surface area contributed by atoms with Gasteiger partial charge in [0.15, 0.2) is 6.29 Å². The fourth-order valence-electron chi connectivity index (χ4n) is 1.49. The van der Waals surface area contributed by atoms with Crippen LogP contribution in [0.15, 0.2) is 0 Å². The van der Waals surface area contributed by atoms with Crippen LogP contribution in [0.25, 0.3) is 0 Å². The number of aliphatic hydroxyl groups excluding tert-OH is 5. The molecule has 0 aromatic heterocycles. The summed E-state index contributed by atoms with van der Waals surface area (Å²) in [4.78, 5) is 8.53. The lowest BCUT2D eigenvalue weighted by molar-refractivity contribution is -0.290. The summed E-state index contributed by atoms with van der Waals surface area (Å²) in [6, 6.07) is 0. The van der Waals surface area contributed by atoms with E-state index in [0.717, 1.165) is 0 Å². The summed E-state index contributed by atoms with van der Waals surface area (Å²) >= 11 is 0. The molecule has 10 heteroatoms. The third-order valence-corrected chi connectivity index (χ3v) is 2.82. The van der Waals surface area contributed by atoms with Gasteiger partial charge < -0.3 is 35.2 Å². The van der Waals surface area contributed by atoms with Gasteiger partial charge in [0.1, 0.15) is 30.5 Å². The largest absolute Gasteiger partial charge is 0.394 e. The molecule has 0 spiro atoms. The highest BCUT2D eigenvalue weighted by Gasteiger charge is 2.47. The van der Waals surface area contributed by atoms with Gasteiger partial charge in [0.25, 0.3) is 0 Å². The SMILES string of the molecule is O=[PH](O)O[C@H]1OC([C@H](O)CO)[C@@H](O)[C@H](O)C1O. The van der Waals surface area contributed by atoms with Gasteiger partial charge in [-0.3, -0.25) is 9.09 Å². The average Bonchev–Trinajstić information content (AvgIpc) is 2.28. The van der Waals surface area contributed by atoms with E-state index in [2.05, 4.69) is 4.52 Å². The molecule has 0 amide bonds. The summed E-state index contributed by atoms with van der Waals surface area (Å²) in [5.41, 5.74) is 0. The molecule has 0 saturated carbocycles. The first-order valence-corrected chi connectivity index (χ1v) is 6.03. The van der Waals surface area contributed by atoms with E-state index in [1.165, 1.54) is 0 Å². The van der Waals surface area contributed by atoms with E-state index in [4.69, 9.17) is 14.7 Å². The van der Waals surface area contributed by atoms with Crippen molar-refractivity contribution in [2.24, 2.45) is 0 Å². The van der Waals surface area contributed by atoms with Gasteiger partial charge >= 0.3 is 8.25 Å². The Hall–Kier alpha value is -0.0900. The van der Waals surface area contributed by atoms with Gasteiger partial charge in [-0.15, -0.1) is 0 Å². The first-order valence-electron chi connectivity index (χ1n) is 4.76. The Morgan fingerprint density at radius 1 is 1.24 bits per heavy atom. The van der Waals surface area contributed by atoms with Gasteiger partial charge in [-0.05, 0) is 0 Å². The quantitative estimate of drug-likeness (QED) is 0.287. The van der Waals surface area contributed by atoms with Crippen molar-refractivity contribution in [1.82, 2.24) is 0 Å². The number of hydrogen-bond donors (Lipinski definition) is 6. The standard InChI is InChI=1S/C7H15O9P/c8-1-2(9)6-4(11)3(10)5(12)7(15-6)16-17(13)14/h2-12,17H,1H2,(H,13,14)/t2-,3+,4+,5?,6?,7-/m1/s1. The number of rotatable bonds is 4. The third-order valence-electron chi connectivity index (χ3n) is 2.39. The summed E-state index contributed by atoms with van der Waals surface area (Å²) < 4.78 is 19.6. The van der Waals surface area contributed by atoms with Gasteiger partial charge in [0.05, 0.1) is 6.61 Å². The van der Waals surface area contributed by atoms with Gasteiger partial charge in [-0.2, -0.15) is 0 Å². The molecule has 6 N–H and O–H groups in total. The molecule has 1 saturated heterocycles. The van der Waals surface area contributed by atoms with Crippen molar-refractivity contribution < 1.29 is 44.3 Å². The second kappa shape index (κ2) is 6.19. The van der Waals surface area contributed by atoms with Crippen LogP contribution in [-0.2, 0) is 13.8 Å². The third kappa shape index (κ3) is 3.44. The highest BCUT2D eigenvalue weighted by Crippen LogP contribution is 2.29. The summed E-state index contributed by atoms with van der Waals surface area (Å²) in [7, 11) is -3.43. The first kappa shape index (κ1) is 15.0. The molecule has 0 aromatic carbocycles. The maximum Gasteiger partial charge on any atom is 0.318 e. The van der Waals surface area contributed by atoms with E-state index < -0.39 is 51.7 Å². The Balaban J connectivity index is 2.78. The molecule has 0 aliphatic carbocycles. The molecular weight excluding hydrogens is 259 g/mol. The molecule has 102 valence electrons. The molecule has 1 aliphatic rings. The predicted octanol–water partition coefficient (Wildman–Crippen LogP) is -3.45. The topological polar surface area (TPSA) is 157 Å². The van der Waals surface area contributed by atoms with Crippen molar-refractivity contribution in [2.45, 2.75) is 36.8 Å². The van der Waals surface area contributed by atoms with Crippen molar-refractivity contribution in [3.63, 3.8) is 0 Å². The molecule has 3 unspecified atom stereocenters. The smallest absolute Gasteiger partial charge is 0.318 e. The molecule has 0 aromatic rings. The summed E-state index contributed by atoms with van der Waals surface area (Å²) in [5, 5.41) is 46.3. The predicted molar refractivity (Wildman–Crippen MR) is 52.1 cm³/mol. The van der Waals surface area contributed by atoms with Crippen LogP contribution in [-0.4, -0.2) is 73.8 Å². The zero-order valence-electron chi connectivity index (χ0n) is 8.58. The van der Waals surface area contributed by atoms with Crippen LogP contribution in [0.4, 0.5) is 0 Å². The molecule has 7 atom stereocenters. The first-order chi connectivity index (χ1) is 7.88. The van der Waals surface area contributed by atoms with E-state index in [-0.39, 0.29) is 0 Å². The molecule has 1 fully saturated rings. The lowest BCUT2D eigenvalue weighted by Crippen LogP contribution is -2.61. The van der Waals surface area contributed by atoms with Crippen LogP contribution >= 0.6 is 8.25 Å². The van der Waals surface area contributed by atoms with Crippen LogP contribution in [0.5, 0.6) is 0 Å². The second-order valence-electron chi connectivity index (χ2n) is 3.57. The maximum atomic E-state index is 10.5. The van der Waals surface area contributed by atoms with Crippen LogP contribution in [0.3, 0.4) is 0 Å². The minimum absolute atomic E-state index is 0.758. The van der Waals surface area contributed by atoms with E-state index >= 15 is 0 Å². The van der Waals surface area contributed by atoms with Crippen molar-refractivity contribution in [3.8, 4) is 0 Å². The number of hydrogen-bond acceptors (Lipinski definition) is 8. The highest BCUT2D eigenvalue weighted by atomic mass is 31.1. The number of aliphatic hydroxyl groups is 5. The molecule has 0 radical (unpaired) electrons. The molecule has 1 rings (SSSR count). The fourth-order valence-corrected chi connectivity index (χ4v) is 1.89. The van der Waals surface area contributed by atoms with Crippen molar-refractivity contribution in [1.29, 1.82) is 0 Å². The van der Waals surface area contributed by atoms with Crippen LogP contribution < -0.4 is 0 Å². The van der Waals surface area contributed by atoms with Gasteiger partial charge in [-0.1, -0.05) is 0 Å². The molecular formula is C7H15O9P. The lowest BCUT2D eigenvalue weighted by atomic mass is 9.96. The van der Waals surface area contributed by atoms with E-state index in [9.17, 15) is 25.0 Å². The Labute approximate surface area is 96.8 Å². The Bertz CT molecular complexity index is 274. The van der Waals surface area contributed by atoms with Crippen LogP contribution in [0.2, 0.25) is 0 Å². The van der Waals surface area contributed by atoms with E-state index in [0.29, 0.717) is 0 Å². The van der Waals surface area contributed by atoms with Crippen molar-refractivity contribution >= 4 is 8.25 Å². The van der Waals surface area contributed by atoms with E-state index in [1.807, 2.05) is 0 Å². The summed E-state index contributed by atoms with van der Waals surface area (Å²) in [6.07, 6.45) is -9.78. The fraction of sp³-hybridized carbons (Fsp3) is 1.00. The molecule has 9 nitrogen and oxygen atoms in total. The maximum absolute atomic E-state index is 10.5.